The third-order valence-electron chi connectivity index (χ3n) is 4.20. The molecule has 2 aliphatic heterocycles. The molecule has 9 nitrogen and oxygen atoms in total. The number of benzene rings is 1. The van der Waals surface area contributed by atoms with E-state index in [1.807, 2.05) is 0 Å². The van der Waals surface area contributed by atoms with Gasteiger partial charge in [0.05, 0.1) is 11.1 Å². The Morgan fingerprint density at radius 2 is 1.89 bits per heavy atom. The average Bonchev–Trinajstić information content (AvgIpc) is 2.84. The molecule has 9 heteroatoms. The van der Waals surface area contributed by atoms with Gasteiger partial charge in [-0.2, -0.15) is 0 Å². The average molecular weight is 388 g/mol. The summed E-state index contributed by atoms with van der Waals surface area (Å²) in [6, 6.07) is 3.36. The minimum Gasteiger partial charge on any atom is -0.481 e. The summed E-state index contributed by atoms with van der Waals surface area (Å²) in [4.78, 5) is 61.7. The SMILES string of the molecule is CC(C)(C)OC(=O)COc1cccc2c1C(=O)N([C@H]1CCC(=O)NC1=O)C2=O. The Kier molecular flexibility index (Phi) is 4.93. The molecular formula is C19H20N2O7. The van der Waals surface area contributed by atoms with Gasteiger partial charge in [-0.05, 0) is 39.3 Å². The lowest BCUT2D eigenvalue weighted by atomic mass is 10.0. The lowest BCUT2D eigenvalue weighted by molar-refractivity contribution is -0.157. The van der Waals surface area contributed by atoms with E-state index in [2.05, 4.69) is 5.32 Å². The van der Waals surface area contributed by atoms with Gasteiger partial charge in [0, 0.05) is 6.42 Å². The zero-order chi connectivity index (χ0) is 20.6. The first kappa shape index (κ1) is 19.5. The van der Waals surface area contributed by atoms with E-state index in [0.29, 0.717) is 0 Å². The number of hydrogen-bond donors (Lipinski definition) is 1. The van der Waals surface area contributed by atoms with Crippen LogP contribution in [0, 0.1) is 0 Å². The molecule has 4 amide bonds. The fraction of sp³-hybridized carbons (Fsp3) is 0.421. The Labute approximate surface area is 161 Å². The first-order valence-corrected chi connectivity index (χ1v) is 8.78. The van der Waals surface area contributed by atoms with Crippen molar-refractivity contribution in [3.05, 3.63) is 29.3 Å². The molecule has 2 heterocycles. The van der Waals surface area contributed by atoms with E-state index in [1.54, 1.807) is 20.8 Å². The number of carbonyl (C=O) groups is 5. The molecule has 1 atom stereocenters. The minimum absolute atomic E-state index is 0.0132. The lowest BCUT2D eigenvalue weighted by Crippen LogP contribution is -2.54. The first-order chi connectivity index (χ1) is 13.1. The van der Waals surface area contributed by atoms with Crippen LogP contribution in [0.4, 0.5) is 0 Å². The van der Waals surface area contributed by atoms with Crippen LogP contribution in [0.2, 0.25) is 0 Å². The highest BCUT2D eigenvalue weighted by molar-refractivity contribution is 6.24. The molecule has 0 aliphatic carbocycles. The highest BCUT2D eigenvalue weighted by atomic mass is 16.6. The highest BCUT2D eigenvalue weighted by Crippen LogP contribution is 2.33. The summed E-state index contributed by atoms with van der Waals surface area (Å²) < 4.78 is 10.6. The number of imide groups is 2. The number of hydrogen-bond acceptors (Lipinski definition) is 7. The normalized spacial score (nSPS) is 19.4. The lowest BCUT2D eigenvalue weighted by Gasteiger charge is -2.27. The van der Waals surface area contributed by atoms with Crippen LogP contribution in [0.5, 0.6) is 5.75 Å². The van der Waals surface area contributed by atoms with Gasteiger partial charge in [-0.25, -0.2) is 4.79 Å². The van der Waals surface area contributed by atoms with Gasteiger partial charge in [0.1, 0.15) is 17.4 Å². The minimum atomic E-state index is -1.07. The van der Waals surface area contributed by atoms with Crippen LogP contribution >= 0.6 is 0 Å². The standard InChI is InChI=1S/C19H20N2O7/c1-19(2,3)28-14(23)9-27-12-6-4-5-10-15(12)18(26)21(17(10)25)11-7-8-13(22)20-16(11)24/h4-6,11H,7-9H2,1-3H3,(H,20,22,24)/t11-/m0/s1. The van der Waals surface area contributed by atoms with Crippen LogP contribution in [0.1, 0.15) is 54.3 Å². The van der Waals surface area contributed by atoms with Gasteiger partial charge in [-0.1, -0.05) is 6.07 Å². The van der Waals surface area contributed by atoms with Gasteiger partial charge in [0.25, 0.3) is 11.8 Å². The molecule has 148 valence electrons. The van der Waals surface area contributed by atoms with Crippen LogP contribution in [-0.4, -0.2) is 52.7 Å². The number of piperidine rings is 1. The summed E-state index contributed by atoms with van der Waals surface area (Å²) in [6.07, 6.45) is 0.0933. The summed E-state index contributed by atoms with van der Waals surface area (Å²) in [7, 11) is 0. The second-order valence-electron chi connectivity index (χ2n) is 7.50. The van der Waals surface area contributed by atoms with Gasteiger partial charge >= 0.3 is 5.97 Å². The Morgan fingerprint density at radius 1 is 1.18 bits per heavy atom. The van der Waals surface area contributed by atoms with E-state index in [0.717, 1.165) is 4.90 Å². The first-order valence-electron chi connectivity index (χ1n) is 8.78. The van der Waals surface area contributed by atoms with Crippen LogP contribution in [-0.2, 0) is 19.1 Å². The molecule has 2 aliphatic rings. The van der Waals surface area contributed by atoms with Crippen LogP contribution in [0.3, 0.4) is 0 Å². The van der Waals surface area contributed by atoms with Gasteiger partial charge in [-0.3, -0.25) is 29.4 Å². The van der Waals surface area contributed by atoms with Gasteiger partial charge in [0.15, 0.2) is 6.61 Å². The Hall–Kier alpha value is -3.23. The van der Waals surface area contributed by atoms with Gasteiger partial charge in [0.2, 0.25) is 11.8 Å². The number of esters is 1. The second kappa shape index (κ2) is 7.06. The number of nitrogens with one attached hydrogen (secondary N) is 1. The number of ether oxygens (including phenoxy) is 2. The summed E-state index contributed by atoms with van der Waals surface area (Å²) >= 11 is 0. The van der Waals surface area contributed by atoms with Gasteiger partial charge < -0.3 is 9.47 Å². The van der Waals surface area contributed by atoms with Crippen molar-refractivity contribution in [3.8, 4) is 5.75 Å². The summed E-state index contributed by atoms with van der Waals surface area (Å²) in [5, 5.41) is 2.13. The number of amides is 4. The molecule has 1 aromatic rings. The van der Waals surface area contributed by atoms with Crippen LogP contribution in [0.25, 0.3) is 0 Å². The molecule has 28 heavy (non-hydrogen) atoms. The Balaban J connectivity index is 1.81. The maximum Gasteiger partial charge on any atom is 0.344 e. The molecule has 0 bridgehead atoms. The van der Waals surface area contributed by atoms with E-state index in [-0.39, 0.29) is 29.7 Å². The molecule has 0 spiro atoms. The van der Waals surface area contributed by atoms with Crippen molar-refractivity contribution in [1.82, 2.24) is 10.2 Å². The predicted octanol–water partition coefficient (Wildman–Crippen LogP) is 0.808. The van der Waals surface area contributed by atoms with E-state index >= 15 is 0 Å². The summed E-state index contributed by atoms with van der Waals surface area (Å²) in [6.45, 7) is 4.70. The van der Waals surface area contributed by atoms with Crippen molar-refractivity contribution in [2.75, 3.05) is 6.61 Å². The molecule has 0 radical (unpaired) electrons. The molecule has 1 fully saturated rings. The van der Waals surface area contributed by atoms with Crippen molar-refractivity contribution in [1.29, 1.82) is 0 Å². The van der Waals surface area contributed by atoms with E-state index in [1.165, 1.54) is 18.2 Å². The largest absolute Gasteiger partial charge is 0.481 e. The zero-order valence-electron chi connectivity index (χ0n) is 15.7. The third-order valence-corrected chi connectivity index (χ3v) is 4.20. The van der Waals surface area contributed by atoms with Crippen molar-refractivity contribution >= 4 is 29.6 Å². The molecular weight excluding hydrogens is 368 g/mol. The predicted molar refractivity (Wildman–Crippen MR) is 94.5 cm³/mol. The molecule has 0 unspecified atom stereocenters. The monoisotopic (exact) mass is 388 g/mol. The Morgan fingerprint density at radius 3 is 2.54 bits per heavy atom. The van der Waals surface area contributed by atoms with Crippen molar-refractivity contribution in [2.24, 2.45) is 0 Å². The maximum absolute atomic E-state index is 12.9. The highest BCUT2D eigenvalue weighted by Gasteiger charge is 2.46. The van der Waals surface area contributed by atoms with E-state index in [9.17, 15) is 24.0 Å². The molecule has 3 rings (SSSR count). The zero-order valence-corrected chi connectivity index (χ0v) is 15.7. The van der Waals surface area contributed by atoms with E-state index < -0.39 is 47.8 Å². The molecule has 0 aromatic heterocycles. The van der Waals surface area contributed by atoms with Crippen LogP contribution < -0.4 is 10.1 Å². The van der Waals surface area contributed by atoms with Crippen molar-refractivity contribution in [2.45, 2.75) is 45.3 Å². The fourth-order valence-corrected chi connectivity index (χ4v) is 3.11. The second-order valence-corrected chi connectivity index (χ2v) is 7.50. The van der Waals surface area contributed by atoms with Gasteiger partial charge in [-0.15, -0.1) is 0 Å². The van der Waals surface area contributed by atoms with Crippen molar-refractivity contribution in [3.63, 3.8) is 0 Å². The summed E-state index contributed by atoms with van der Waals surface area (Å²) in [5.41, 5.74) is -0.620. The fourth-order valence-electron chi connectivity index (χ4n) is 3.11. The third kappa shape index (κ3) is 3.73. The molecule has 0 saturated carbocycles. The Bertz CT molecular complexity index is 885. The quantitative estimate of drug-likeness (QED) is 0.599. The molecule has 1 saturated heterocycles. The smallest absolute Gasteiger partial charge is 0.344 e. The van der Waals surface area contributed by atoms with Crippen LogP contribution in [0.15, 0.2) is 18.2 Å². The summed E-state index contributed by atoms with van der Waals surface area (Å²) in [5.74, 6) is -3.05. The molecule has 1 N–H and O–H groups in total. The number of rotatable bonds is 4. The maximum atomic E-state index is 12.9. The number of fused-ring (bicyclic) bond motifs is 1. The van der Waals surface area contributed by atoms with E-state index in [4.69, 9.17) is 9.47 Å². The topological polar surface area (TPSA) is 119 Å². The number of carbonyl (C=O) groups excluding carboxylic acids is 5. The van der Waals surface area contributed by atoms with Crippen molar-refractivity contribution < 1.29 is 33.4 Å². The number of nitrogens with zero attached hydrogens (tertiary/aromatic N) is 1. The molecule has 1 aromatic carbocycles.